The molecule has 6 heteroatoms. The summed E-state index contributed by atoms with van der Waals surface area (Å²) in [6.07, 6.45) is 0.164. The fraction of sp³-hybridized carbons (Fsp3) is 0.222. The van der Waals surface area contributed by atoms with E-state index in [9.17, 15) is 9.59 Å². The lowest BCUT2D eigenvalue weighted by Gasteiger charge is -2.05. The van der Waals surface area contributed by atoms with E-state index in [1.165, 1.54) is 0 Å². The second kappa shape index (κ2) is 9.19. The zero-order chi connectivity index (χ0) is 17.2. The first-order valence-electron chi connectivity index (χ1n) is 7.69. The van der Waals surface area contributed by atoms with Crippen molar-refractivity contribution in [2.75, 3.05) is 11.9 Å². The largest absolute Gasteiger partial charge is 0.466 e. The Kier molecular flexibility index (Phi) is 6.64. The predicted octanol–water partition coefficient (Wildman–Crippen LogP) is 4.38. The zero-order valence-electron chi connectivity index (χ0n) is 13.4. The average Bonchev–Trinajstić information content (AvgIpc) is 2.61. The minimum Gasteiger partial charge on any atom is -0.466 e. The van der Waals surface area contributed by atoms with Crippen molar-refractivity contribution in [3.8, 4) is 0 Å². The lowest BCUT2D eigenvalue weighted by Crippen LogP contribution is -2.14. The van der Waals surface area contributed by atoms with Gasteiger partial charge in [-0.1, -0.05) is 18.2 Å². The van der Waals surface area contributed by atoms with E-state index in [2.05, 4.69) is 15.5 Å². The molecule has 24 heavy (non-hydrogen) atoms. The quantitative estimate of drug-likeness (QED) is 0.606. The van der Waals surface area contributed by atoms with Crippen molar-refractivity contribution >= 4 is 28.9 Å². The van der Waals surface area contributed by atoms with Gasteiger partial charge in [0, 0.05) is 12.1 Å². The third-order valence-electron chi connectivity index (χ3n) is 3.05. The monoisotopic (exact) mass is 325 g/mol. The maximum Gasteiger partial charge on any atom is 0.306 e. The summed E-state index contributed by atoms with van der Waals surface area (Å²) in [6.45, 7) is 2.05. The number of nitrogens with one attached hydrogen (secondary N) is 1. The van der Waals surface area contributed by atoms with Crippen LogP contribution in [-0.2, 0) is 14.3 Å². The minimum absolute atomic E-state index is 0.0725. The van der Waals surface area contributed by atoms with Crippen LogP contribution in [0, 0.1) is 0 Å². The number of esters is 1. The highest BCUT2D eigenvalue weighted by Gasteiger charge is 2.07. The number of ether oxygens (including phenoxy) is 1. The normalized spacial score (nSPS) is 10.5. The number of carbonyl (C=O) groups is 2. The maximum absolute atomic E-state index is 11.8. The molecule has 0 bridgehead atoms. The Bertz CT molecular complexity index is 697. The Labute approximate surface area is 140 Å². The molecule has 1 N–H and O–H groups in total. The van der Waals surface area contributed by atoms with Crippen molar-refractivity contribution in [1.82, 2.24) is 0 Å². The molecule has 0 aromatic heterocycles. The van der Waals surface area contributed by atoms with Gasteiger partial charge in [-0.2, -0.15) is 10.2 Å². The molecule has 0 saturated carbocycles. The predicted molar refractivity (Wildman–Crippen MR) is 91.6 cm³/mol. The molecule has 2 aromatic rings. The number of benzene rings is 2. The number of amides is 1. The van der Waals surface area contributed by atoms with Crippen LogP contribution in [0.1, 0.15) is 19.8 Å². The van der Waals surface area contributed by atoms with Gasteiger partial charge >= 0.3 is 5.97 Å². The van der Waals surface area contributed by atoms with Crippen LogP contribution in [0.3, 0.4) is 0 Å². The fourth-order valence-electron chi connectivity index (χ4n) is 1.89. The Morgan fingerprint density at radius 3 is 2.17 bits per heavy atom. The van der Waals surface area contributed by atoms with Crippen LogP contribution in [0.4, 0.5) is 17.1 Å². The highest BCUT2D eigenvalue weighted by Crippen LogP contribution is 2.20. The highest BCUT2D eigenvalue weighted by atomic mass is 16.5. The van der Waals surface area contributed by atoms with Gasteiger partial charge in [0.2, 0.25) is 5.91 Å². The van der Waals surface area contributed by atoms with Gasteiger partial charge in [-0.15, -0.1) is 0 Å². The standard InChI is InChI=1S/C18H19N3O3/c1-2-24-18(23)13-12-17(22)19-14-8-10-16(11-9-14)21-20-15-6-4-3-5-7-15/h3-11H,2,12-13H2,1H3,(H,19,22). The van der Waals surface area contributed by atoms with Crippen molar-refractivity contribution in [2.45, 2.75) is 19.8 Å². The lowest BCUT2D eigenvalue weighted by molar-refractivity contribution is -0.144. The molecule has 0 aliphatic heterocycles. The lowest BCUT2D eigenvalue weighted by atomic mass is 10.2. The van der Waals surface area contributed by atoms with Gasteiger partial charge in [-0.25, -0.2) is 0 Å². The minimum atomic E-state index is -0.371. The molecule has 2 rings (SSSR count). The smallest absolute Gasteiger partial charge is 0.306 e. The van der Waals surface area contributed by atoms with Crippen LogP contribution >= 0.6 is 0 Å². The van der Waals surface area contributed by atoms with Crippen molar-refractivity contribution < 1.29 is 14.3 Å². The van der Waals surface area contributed by atoms with E-state index in [0.29, 0.717) is 18.0 Å². The summed E-state index contributed by atoms with van der Waals surface area (Å²) in [4.78, 5) is 23.0. The summed E-state index contributed by atoms with van der Waals surface area (Å²) >= 11 is 0. The first-order valence-corrected chi connectivity index (χ1v) is 7.69. The molecule has 124 valence electrons. The molecular formula is C18H19N3O3. The van der Waals surface area contributed by atoms with Crippen molar-refractivity contribution in [3.63, 3.8) is 0 Å². The van der Waals surface area contributed by atoms with Gasteiger partial charge in [0.15, 0.2) is 0 Å². The van der Waals surface area contributed by atoms with E-state index < -0.39 is 0 Å². The summed E-state index contributed by atoms with van der Waals surface area (Å²) in [5.41, 5.74) is 2.10. The van der Waals surface area contributed by atoms with Crippen LogP contribution in [0.15, 0.2) is 64.8 Å². The van der Waals surface area contributed by atoms with Crippen molar-refractivity contribution in [3.05, 3.63) is 54.6 Å². The van der Waals surface area contributed by atoms with E-state index in [-0.39, 0.29) is 24.7 Å². The zero-order valence-corrected chi connectivity index (χ0v) is 13.4. The van der Waals surface area contributed by atoms with Crippen LogP contribution in [0.2, 0.25) is 0 Å². The average molecular weight is 325 g/mol. The van der Waals surface area contributed by atoms with Gasteiger partial charge in [-0.3, -0.25) is 9.59 Å². The summed E-state index contributed by atoms with van der Waals surface area (Å²) in [5.74, 6) is -0.606. The van der Waals surface area contributed by atoms with Crippen LogP contribution in [-0.4, -0.2) is 18.5 Å². The van der Waals surface area contributed by atoms with E-state index >= 15 is 0 Å². The molecule has 0 radical (unpaired) electrons. The highest BCUT2D eigenvalue weighted by molar-refractivity contribution is 5.92. The third kappa shape index (κ3) is 6.00. The molecule has 6 nitrogen and oxygen atoms in total. The van der Waals surface area contributed by atoms with E-state index in [1.807, 2.05) is 30.3 Å². The fourth-order valence-corrected chi connectivity index (χ4v) is 1.89. The Morgan fingerprint density at radius 1 is 0.917 bits per heavy atom. The first kappa shape index (κ1) is 17.3. The molecule has 0 spiro atoms. The SMILES string of the molecule is CCOC(=O)CCC(=O)Nc1ccc(N=Nc2ccccc2)cc1. The number of azo groups is 1. The summed E-state index contributed by atoms with van der Waals surface area (Å²) in [6, 6.07) is 16.4. The molecule has 0 saturated heterocycles. The van der Waals surface area contributed by atoms with Crippen LogP contribution < -0.4 is 5.32 Å². The summed E-state index contributed by atoms with van der Waals surface area (Å²) in [5, 5.41) is 11.0. The van der Waals surface area contributed by atoms with Crippen LogP contribution in [0.5, 0.6) is 0 Å². The number of hydrogen-bond acceptors (Lipinski definition) is 5. The molecule has 0 atom stereocenters. The Hall–Kier alpha value is -3.02. The number of nitrogens with zero attached hydrogens (tertiary/aromatic N) is 2. The van der Waals surface area contributed by atoms with Gasteiger partial charge < -0.3 is 10.1 Å². The number of rotatable bonds is 7. The van der Waals surface area contributed by atoms with E-state index in [0.717, 1.165) is 5.69 Å². The molecule has 0 aliphatic rings. The number of anilines is 1. The molecule has 0 heterocycles. The van der Waals surface area contributed by atoms with E-state index in [4.69, 9.17) is 4.74 Å². The molecule has 0 fully saturated rings. The Morgan fingerprint density at radius 2 is 1.54 bits per heavy atom. The van der Waals surface area contributed by atoms with Gasteiger partial charge in [0.1, 0.15) is 0 Å². The topological polar surface area (TPSA) is 80.1 Å². The third-order valence-corrected chi connectivity index (χ3v) is 3.05. The van der Waals surface area contributed by atoms with Gasteiger partial charge in [0.25, 0.3) is 0 Å². The molecule has 1 amide bonds. The summed E-state index contributed by atoms with van der Waals surface area (Å²) < 4.78 is 4.78. The second-order valence-corrected chi connectivity index (χ2v) is 4.94. The van der Waals surface area contributed by atoms with E-state index in [1.54, 1.807) is 31.2 Å². The van der Waals surface area contributed by atoms with Gasteiger partial charge in [0.05, 0.1) is 24.4 Å². The first-order chi connectivity index (χ1) is 11.7. The summed E-state index contributed by atoms with van der Waals surface area (Å²) in [7, 11) is 0. The van der Waals surface area contributed by atoms with Crippen molar-refractivity contribution in [1.29, 1.82) is 0 Å². The maximum atomic E-state index is 11.8. The molecular weight excluding hydrogens is 306 g/mol. The number of carbonyl (C=O) groups excluding carboxylic acids is 2. The van der Waals surface area contributed by atoms with Crippen LogP contribution in [0.25, 0.3) is 0 Å². The second-order valence-electron chi connectivity index (χ2n) is 4.94. The van der Waals surface area contributed by atoms with Gasteiger partial charge in [-0.05, 0) is 43.3 Å². The number of hydrogen-bond donors (Lipinski definition) is 1. The van der Waals surface area contributed by atoms with Crippen molar-refractivity contribution in [2.24, 2.45) is 10.2 Å². The molecule has 0 aliphatic carbocycles. The molecule has 2 aromatic carbocycles. The Balaban J connectivity index is 1.84. The molecule has 0 unspecified atom stereocenters.